The van der Waals surface area contributed by atoms with Crippen LogP contribution in [-0.4, -0.2) is 95.3 Å². The molecule has 24 heteroatoms. The number of pyridine rings is 3. The van der Waals surface area contributed by atoms with Gasteiger partial charge in [0.1, 0.15) is 50.5 Å². The van der Waals surface area contributed by atoms with Gasteiger partial charge >= 0.3 is 11.4 Å². The van der Waals surface area contributed by atoms with Crippen molar-refractivity contribution in [2.75, 3.05) is 78.9 Å². The van der Waals surface area contributed by atoms with E-state index in [4.69, 9.17) is 4.74 Å². The van der Waals surface area contributed by atoms with E-state index >= 15 is 0 Å². The van der Waals surface area contributed by atoms with Gasteiger partial charge in [0.2, 0.25) is 5.52 Å². The zero-order chi connectivity index (χ0) is 80.6. The SMILES string of the molecule is C.C.C.C.C.C.CN(N=Cc1cc[n+](C)c(=O)n1C)c1ccccc1.CN(N=Cc1cc[n+](C)cc1)c1ccccc1.CN(N=Cc1sc2ccccc2[n+]1C)c1ccccc1.COc1ccc(N(C)N=Cc2cc[n+](C)cc2)cc1.C[n+]1ccc(C=NN2CCc3ccccc32)cc1.Cc1cc(C=NN(C)c2ccccc2)[n+](C)c(=O)n1C. The Morgan fingerprint density at radius 2 is 0.790 bits per heavy atom. The van der Waals surface area contributed by atoms with Crippen molar-refractivity contribution in [2.45, 2.75) is 57.9 Å². The van der Waals surface area contributed by atoms with E-state index in [0.29, 0.717) is 0 Å². The fourth-order valence-electron chi connectivity index (χ4n) is 10.9. The molecule has 0 N–H and O–H groups in total. The molecular weight excluding hydrogens is 1500 g/mol. The molecule has 0 amide bonds. The topological polar surface area (TPSA) is 170 Å². The third-order valence-corrected chi connectivity index (χ3v) is 19.2. The van der Waals surface area contributed by atoms with Gasteiger partial charge in [0.05, 0.1) is 107 Å². The van der Waals surface area contributed by atoms with Crippen molar-refractivity contribution in [2.24, 2.45) is 87.0 Å². The normalized spacial score (nSPS) is 10.9. The lowest BCUT2D eigenvalue weighted by Gasteiger charge is -2.12. The van der Waals surface area contributed by atoms with Crippen molar-refractivity contribution in [1.29, 1.82) is 0 Å². The predicted molar refractivity (Wildman–Crippen MR) is 501 cm³/mol. The monoisotopic (exact) mass is 1630 g/mol. The Balaban J connectivity index is 0.000000366. The molecule has 0 radical (unpaired) electrons. The second-order valence-electron chi connectivity index (χ2n) is 26.3. The van der Waals surface area contributed by atoms with Crippen LogP contribution in [0.2, 0.25) is 0 Å². The number of fused-ring (bicyclic) bond motifs is 2. The number of ether oxygens (including phenoxy) is 1. The Hall–Kier alpha value is -13.7. The maximum Gasteiger partial charge on any atom is 0.498 e. The lowest BCUT2D eigenvalue weighted by molar-refractivity contribution is -0.691. The van der Waals surface area contributed by atoms with Crippen molar-refractivity contribution < 1.29 is 32.1 Å². The zero-order valence-electron chi connectivity index (χ0n) is 67.1. The van der Waals surface area contributed by atoms with Gasteiger partial charge in [-0.15, -0.1) is 0 Å². The standard InChI is InChI=1S/C16H16N3S.C15H19N4O.C15H18N3O.C15H16N3.C14H17N4O.C14H16N3.6CH4/c1-18-14-10-6-7-11-15(14)20-16(18)12-17-19(2)13-8-4-3-5-9-13;1-12-10-14(18(3)15(20)17(12)2)11-16-19(4)13-8-6-5-7-9-13;1-17-10-8-13(9-11-17)12-16-18(2)14-4-6-15(19-3)7-5-14;1-17-9-6-13(7-10-17)12-16-18-11-8-14-4-2-3-5-15(14)18;1-16-10-9-13(17(2)14(16)19)11-15-18(3)12-7-5-4-6-8-12;1-16-10-8-13(9-11-16)12-15-17(2)14-6-4-3-5-7-14;;;;;;/h3-12H,1-2H3;5-11H,1-4H3;4-12H,1-3H3;2-7,9-10,12H,8,11H2,1H3;4-11H,1-3H3;3-12H,1-2H3;6*1H4/q6*+1;;;;;;. The Bertz CT molecular complexity index is 5450. The maximum absolute atomic E-state index is 12.0. The highest BCUT2D eigenvalue weighted by Gasteiger charge is 2.18. The van der Waals surface area contributed by atoms with Crippen LogP contribution in [0.3, 0.4) is 0 Å². The minimum Gasteiger partial charge on any atom is -0.497 e. The maximum atomic E-state index is 12.0. The minimum atomic E-state index is -0.0775. The molecule has 1 aliphatic rings. The summed E-state index contributed by atoms with van der Waals surface area (Å²) in [6.45, 7) is 2.87. The first-order valence-electron chi connectivity index (χ1n) is 36.6. The van der Waals surface area contributed by atoms with Crippen molar-refractivity contribution in [3.05, 3.63) is 351 Å². The van der Waals surface area contributed by atoms with Crippen LogP contribution in [-0.2, 0) is 62.8 Å². The molecular formula is C95H126N20O3S+6. The number of benzene rings is 7. The van der Waals surface area contributed by atoms with Gasteiger partial charge in [0, 0.05) is 113 Å². The summed E-state index contributed by atoms with van der Waals surface area (Å²) >= 11 is 1.75. The van der Waals surface area contributed by atoms with Crippen LogP contribution in [0.15, 0.2) is 326 Å². The van der Waals surface area contributed by atoms with Gasteiger partial charge in [-0.3, -0.25) is 30.1 Å². The van der Waals surface area contributed by atoms with E-state index in [1.807, 2.05) is 336 Å². The number of hydrogen-bond donors (Lipinski definition) is 0. The van der Waals surface area contributed by atoms with E-state index in [2.05, 4.69) is 108 Å². The summed E-state index contributed by atoms with van der Waals surface area (Å²) in [6, 6.07) is 80.5. The van der Waals surface area contributed by atoms with E-state index in [1.54, 1.807) is 89.0 Å². The van der Waals surface area contributed by atoms with E-state index in [0.717, 1.165) is 85.9 Å². The molecule has 7 heterocycles. The second kappa shape index (κ2) is 50.6. The van der Waals surface area contributed by atoms with Crippen molar-refractivity contribution in [3.63, 3.8) is 0 Å². The molecule has 1 aliphatic heterocycles. The van der Waals surface area contributed by atoms with E-state index < -0.39 is 0 Å². The molecule has 0 atom stereocenters. The summed E-state index contributed by atoms with van der Waals surface area (Å²) < 4.78 is 20.9. The largest absolute Gasteiger partial charge is 0.498 e. The van der Waals surface area contributed by atoms with Crippen LogP contribution in [0.4, 0.5) is 34.1 Å². The molecule has 0 bridgehead atoms. The highest BCUT2D eigenvalue weighted by atomic mass is 32.1. The highest BCUT2D eigenvalue weighted by molar-refractivity contribution is 7.19. The number of nitrogens with zero attached hydrogens (tertiary/aromatic N) is 20. The summed E-state index contributed by atoms with van der Waals surface area (Å²) in [7, 11) is 26.2. The van der Waals surface area contributed by atoms with Gasteiger partial charge in [-0.2, -0.15) is 58.5 Å². The molecule has 14 rings (SSSR count). The Labute approximate surface area is 711 Å². The summed E-state index contributed by atoms with van der Waals surface area (Å²) in [6.07, 6.45) is 25.8. The second-order valence-corrected chi connectivity index (χ2v) is 27.4. The number of para-hydroxylation sites is 6. The molecule has 23 nitrogen and oxygen atoms in total. The van der Waals surface area contributed by atoms with Gasteiger partial charge in [0.25, 0.3) is 5.01 Å². The minimum absolute atomic E-state index is 0. The van der Waals surface area contributed by atoms with Crippen molar-refractivity contribution in [3.8, 4) is 5.75 Å². The van der Waals surface area contributed by atoms with Gasteiger partial charge in [-0.05, 0) is 104 Å². The summed E-state index contributed by atoms with van der Waals surface area (Å²) in [5, 5.41) is 38.9. The Morgan fingerprint density at radius 3 is 1.24 bits per heavy atom. The summed E-state index contributed by atoms with van der Waals surface area (Å²) in [5.74, 6) is 0.844. The van der Waals surface area contributed by atoms with Gasteiger partial charge in [0.15, 0.2) is 48.6 Å². The van der Waals surface area contributed by atoms with Gasteiger partial charge < -0.3 is 4.74 Å². The van der Waals surface area contributed by atoms with E-state index in [-0.39, 0.29) is 55.9 Å². The predicted octanol–water partition coefficient (Wildman–Crippen LogP) is 14.6. The molecule has 119 heavy (non-hydrogen) atoms. The number of aryl methyl sites for hydroxylation is 6. The lowest BCUT2D eigenvalue weighted by atomic mass is 10.2. The number of methoxy groups -OCH3 is 1. The molecule has 0 fully saturated rings. The highest BCUT2D eigenvalue weighted by Crippen LogP contribution is 2.28. The summed E-state index contributed by atoms with van der Waals surface area (Å²) in [5.41, 5.74) is 14.6. The first-order chi connectivity index (χ1) is 54.6. The smallest absolute Gasteiger partial charge is 0.497 e. The number of anilines is 6. The summed E-state index contributed by atoms with van der Waals surface area (Å²) in [4.78, 5) is 23.7. The third kappa shape index (κ3) is 30.1. The average molecular weight is 1630 g/mol. The lowest BCUT2D eigenvalue weighted by Crippen LogP contribution is -2.54. The number of hydrazone groups is 6. The number of rotatable bonds is 18. The quantitative estimate of drug-likeness (QED) is 0.0461. The molecule has 13 aromatic rings. The number of thiazole rings is 1. The third-order valence-electron chi connectivity index (χ3n) is 18.1. The molecule has 0 unspecified atom stereocenters. The zero-order valence-corrected chi connectivity index (χ0v) is 67.9. The van der Waals surface area contributed by atoms with Gasteiger partial charge in [-0.25, -0.2) is 18.3 Å². The molecule has 624 valence electrons. The molecule has 0 saturated heterocycles. The fourth-order valence-corrected chi connectivity index (χ4v) is 11.9. The van der Waals surface area contributed by atoms with Gasteiger partial charge in [-0.1, -0.05) is 159 Å². The molecule has 0 saturated carbocycles. The molecule has 6 aromatic heterocycles. The van der Waals surface area contributed by atoms with Crippen LogP contribution in [0.1, 0.15) is 88.9 Å². The first kappa shape index (κ1) is 99.5. The van der Waals surface area contributed by atoms with Crippen LogP contribution >= 0.6 is 11.3 Å². The van der Waals surface area contributed by atoms with E-state index in [1.165, 1.54) is 26.0 Å². The Kier molecular flexibility index (Phi) is 42.3. The number of hydrogen-bond acceptors (Lipinski definition) is 16. The fraction of sp³-hybridized carbons (Fsp3) is 0.242. The van der Waals surface area contributed by atoms with Crippen LogP contribution in [0.25, 0.3) is 10.2 Å². The molecule has 0 aliphatic carbocycles. The van der Waals surface area contributed by atoms with Crippen molar-refractivity contribution in [1.82, 2.24) is 9.13 Å². The number of aromatic nitrogens is 8. The van der Waals surface area contributed by atoms with E-state index in [9.17, 15) is 9.59 Å². The van der Waals surface area contributed by atoms with Crippen molar-refractivity contribution >= 4 is 93.0 Å². The van der Waals surface area contributed by atoms with Crippen LogP contribution in [0, 0.1) is 6.92 Å². The first-order valence-corrected chi connectivity index (χ1v) is 37.4. The average Bonchev–Trinajstić information content (AvgIpc) is 1.75. The Morgan fingerprint density at radius 1 is 0.403 bits per heavy atom. The van der Waals surface area contributed by atoms with Crippen LogP contribution in [0.5, 0.6) is 5.75 Å². The van der Waals surface area contributed by atoms with Crippen LogP contribution < -0.4 is 73.6 Å². The molecule has 7 aromatic carbocycles. The molecule has 0 spiro atoms.